The number of nitrogens with zero attached hydrogens (tertiary/aromatic N) is 3. The molecule has 1 fully saturated rings. The number of rotatable bonds is 5. The van der Waals surface area contributed by atoms with Crippen molar-refractivity contribution in [3.05, 3.63) is 36.2 Å². The summed E-state index contributed by atoms with van der Waals surface area (Å²) in [5.41, 5.74) is 1.59. The number of hydrogen-bond donors (Lipinski definition) is 3. The number of benzene rings is 1. The van der Waals surface area contributed by atoms with Gasteiger partial charge < -0.3 is 15.4 Å². The monoisotopic (exact) mass is 417 g/mol. The molecule has 1 saturated heterocycles. The minimum absolute atomic E-state index is 0.0663. The summed E-state index contributed by atoms with van der Waals surface area (Å²) in [6.07, 6.45) is 1.54. The quantitative estimate of drug-likeness (QED) is 0.552. The molecule has 3 heterocycles. The second-order valence-corrected chi connectivity index (χ2v) is 8.90. The number of amides is 1. The molecule has 0 unspecified atom stereocenters. The zero-order valence-electron chi connectivity index (χ0n) is 16.1. The summed E-state index contributed by atoms with van der Waals surface area (Å²) in [6.45, 7) is 2.58. The van der Waals surface area contributed by atoms with Gasteiger partial charge >= 0.3 is 0 Å². The van der Waals surface area contributed by atoms with Crippen LogP contribution in [0.3, 0.4) is 0 Å². The lowest BCUT2D eigenvalue weighted by Gasteiger charge is -2.33. The number of carbonyl (C=O) groups is 1. The average molecular weight is 417 g/mol. The number of nitrogens with one attached hydrogen (secondary N) is 2. The van der Waals surface area contributed by atoms with Crippen LogP contribution >= 0.6 is 0 Å². The second kappa shape index (κ2) is 7.71. The Balaban J connectivity index is 1.72. The van der Waals surface area contributed by atoms with Crippen LogP contribution in [0.15, 0.2) is 35.4 Å². The maximum Gasteiger partial charge on any atom is 0.271 e. The fraction of sp³-hybridized carbons (Fsp3) is 0.368. The molecule has 10 heteroatoms. The molecule has 2 aromatic heterocycles. The molecule has 0 saturated carbocycles. The van der Waals surface area contributed by atoms with Crippen molar-refractivity contribution in [3.63, 3.8) is 0 Å². The highest BCUT2D eigenvalue weighted by Gasteiger charge is 2.28. The molecule has 1 aliphatic heterocycles. The van der Waals surface area contributed by atoms with Crippen LogP contribution < -0.4 is 5.32 Å². The summed E-state index contributed by atoms with van der Waals surface area (Å²) in [5.74, 6) is -0.309. The lowest BCUT2D eigenvalue weighted by atomic mass is 10.1. The first-order valence-corrected chi connectivity index (χ1v) is 10.9. The highest BCUT2D eigenvalue weighted by Crippen LogP contribution is 2.30. The van der Waals surface area contributed by atoms with Crippen molar-refractivity contribution >= 4 is 37.7 Å². The Bertz CT molecular complexity index is 1170. The van der Waals surface area contributed by atoms with Crippen molar-refractivity contribution < 1.29 is 18.3 Å². The molecular weight excluding hydrogens is 394 g/mol. The van der Waals surface area contributed by atoms with E-state index in [9.17, 15) is 13.2 Å². The van der Waals surface area contributed by atoms with Gasteiger partial charge in [-0.15, -0.1) is 0 Å². The number of aliphatic hydroxyl groups excluding tert-OH is 1. The summed E-state index contributed by atoms with van der Waals surface area (Å²) in [5, 5.41) is 13.1. The SMILES string of the molecule is CNC(=O)c1nccc2c1[nH]c1ccc(S(=O)(=O)N3CCN(CCO)CC3)cc12. The number of fused-ring (bicyclic) bond motifs is 3. The van der Waals surface area contributed by atoms with Crippen LogP contribution in [-0.4, -0.2) is 85.0 Å². The van der Waals surface area contributed by atoms with E-state index < -0.39 is 10.0 Å². The highest BCUT2D eigenvalue weighted by molar-refractivity contribution is 7.89. The van der Waals surface area contributed by atoms with E-state index in [2.05, 4.69) is 15.3 Å². The van der Waals surface area contributed by atoms with Crippen LogP contribution in [0.5, 0.6) is 0 Å². The number of carbonyl (C=O) groups excluding carboxylic acids is 1. The van der Waals surface area contributed by atoms with E-state index in [-0.39, 0.29) is 23.1 Å². The lowest BCUT2D eigenvalue weighted by Crippen LogP contribution is -2.49. The summed E-state index contributed by atoms with van der Waals surface area (Å²) in [4.78, 5) is 21.7. The van der Waals surface area contributed by atoms with Gasteiger partial charge in [0.2, 0.25) is 10.0 Å². The largest absolute Gasteiger partial charge is 0.395 e. The molecule has 3 aromatic rings. The van der Waals surface area contributed by atoms with Gasteiger partial charge in [-0.25, -0.2) is 13.4 Å². The average Bonchev–Trinajstić information content (AvgIpc) is 3.12. The standard InChI is InChI=1S/C19H23N5O4S/c1-20-19(26)18-17-14(4-5-21-18)15-12-13(2-3-16(15)22-17)29(27,28)24-8-6-23(7-9-24)10-11-25/h2-5,12,22,25H,6-11H2,1H3,(H,20,26). The van der Waals surface area contributed by atoms with Crippen LogP contribution in [-0.2, 0) is 10.0 Å². The van der Waals surface area contributed by atoms with Gasteiger partial charge in [-0.05, 0) is 24.3 Å². The number of pyridine rings is 1. The number of piperazine rings is 1. The van der Waals surface area contributed by atoms with Crippen molar-refractivity contribution in [2.24, 2.45) is 0 Å². The lowest BCUT2D eigenvalue weighted by molar-refractivity contribution is 0.0960. The number of H-pyrrole nitrogens is 1. The smallest absolute Gasteiger partial charge is 0.271 e. The van der Waals surface area contributed by atoms with Crippen molar-refractivity contribution in [1.29, 1.82) is 0 Å². The van der Waals surface area contributed by atoms with Crippen LogP contribution in [0.4, 0.5) is 0 Å². The molecule has 3 N–H and O–H groups in total. The van der Waals surface area contributed by atoms with E-state index in [1.165, 1.54) is 11.4 Å². The molecule has 1 amide bonds. The Morgan fingerprint density at radius 3 is 2.66 bits per heavy atom. The van der Waals surface area contributed by atoms with Crippen molar-refractivity contribution in [1.82, 2.24) is 24.5 Å². The molecule has 0 atom stereocenters. The number of sulfonamides is 1. The summed E-state index contributed by atoms with van der Waals surface area (Å²) in [7, 11) is -2.10. The molecule has 0 radical (unpaired) electrons. The first kappa shape index (κ1) is 19.8. The van der Waals surface area contributed by atoms with Crippen LogP contribution in [0.2, 0.25) is 0 Å². The topological polar surface area (TPSA) is 119 Å². The molecule has 9 nitrogen and oxygen atoms in total. The zero-order valence-corrected chi connectivity index (χ0v) is 16.9. The number of aliphatic hydroxyl groups is 1. The van der Waals surface area contributed by atoms with E-state index in [0.717, 1.165) is 16.3 Å². The number of aromatic nitrogens is 2. The number of hydrogen-bond acceptors (Lipinski definition) is 6. The predicted octanol–water partition coefficient (Wildman–Crippen LogP) is 0.374. The second-order valence-electron chi connectivity index (χ2n) is 6.96. The Hall–Kier alpha value is -2.53. The Morgan fingerprint density at radius 1 is 1.21 bits per heavy atom. The predicted molar refractivity (Wildman–Crippen MR) is 109 cm³/mol. The van der Waals surface area contributed by atoms with Gasteiger partial charge in [0.1, 0.15) is 0 Å². The van der Waals surface area contributed by atoms with E-state index in [1.54, 1.807) is 30.5 Å². The van der Waals surface area contributed by atoms with Crippen LogP contribution in [0, 0.1) is 0 Å². The highest BCUT2D eigenvalue weighted by atomic mass is 32.2. The van der Waals surface area contributed by atoms with Crippen molar-refractivity contribution in [2.75, 3.05) is 46.4 Å². The summed E-state index contributed by atoms with van der Waals surface area (Å²) < 4.78 is 27.8. The Labute approximate surface area is 168 Å². The maximum atomic E-state index is 13.1. The summed E-state index contributed by atoms with van der Waals surface area (Å²) >= 11 is 0. The van der Waals surface area contributed by atoms with Gasteiger partial charge in [0.15, 0.2) is 5.69 Å². The first-order valence-electron chi connectivity index (χ1n) is 9.41. The van der Waals surface area contributed by atoms with Gasteiger partial charge in [0.25, 0.3) is 5.91 Å². The van der Waals surface area contributed by atoms with Gasteiger partial charge in [0, 0.05) is 62.3 Å². The third kappa shape index (κ3) is 3.48. The molecule has 1 aromatic carbocycles. The normalized spacial score (nSPS) is 16.5. The van der Waals surface area contributed by atoms with E-state index >= 15 is 0 Å². The molecule has 0 spiro atoms. The van der Waals surface area contributed by atoms with Gasteiger partial charge in [0.05, 0.1) is 17.0 Å². The van der Waals surface area contributed by atoms with Gasteiger partial charge in [-0.1, -0.05) is 0 Å². The Kier molecular flexibility index (Phi) is 5.26. The third-order valence-corrected chi connectivity index (χ3v) is 7.21. The van der Waals surface area contributed by atoms with Crippen LogP contribution in [0.1, 0.15) is 10.5 Å². The molecule has 0 bridgehead atoms. The maximum absolute atomic E-state index is 13.1. The molecule has 0 aliphatic carbocycles. The first-order chi connectivity index (χ1) is 14.0. The minimum Gasteiger partial charge on any atom is -0.395 e. The van der Waals surface area contributed by atoms with Gasteiger partial charge in [-0.3, -0.25) is 9.69 Å². The zero-order chi connectivity index (χ0) is 20.6. The van der Waals surface area contributed by atoms with E-state index in [0.29, 0.717) is 38.2 Å². The molecular formula is C19H23N5O4S. The third-order valence-electron chi connectivity index (χ3n) is 5.32. The number of β-amino-alcohol motifs (C(OH)–C–C–N with tert-alkyl or cyclic N) is 1. The van der Waals surface area contributed by atoms with Crippen LogP contribution in [0.25, 0.3) is 21.8 Å². The minimum atomic E-state index is -3.63. The van der Waals surface area contributed by atoms with E-state index in [1.807, 2.05) is 4.90 Å². The van der Waals surface area contributed by atoms with Gasteiger partial charge in [-0.2, -0.15) is 4.31 Å². The molecule has 154 valence electrons. The molecule has 1 aliphatic rings. The summed E-state index contributed by atoms with van der Waals surface area (Å²) in [6, 6.07) is 6.72. The van der Waals surface area contributed by atoms with Crippen molar-refractivity contribution in [2.45, 2.75) is 4.90 Å². The fourth-order valence-electron chi connectivity index (χ4n) is 3.74. The molecule has 4 rings (SSSR count). The van der Waals surface area contributed by atoms with E-state index in [4.69, 9.17) is 5.11 Å². The fourth-order valence-corrected chi connectivity index (χ4v) is 5.19. The van der Waals surface area contributed by atoms with Crippen molar-refractivity contribution in [3.8, 4) is 0 Å². The molecule has 29 heavy (non-hydrogen) atoms. The number of aromatic amines is 1. The Morgan fingerprint density at radius 2 is 1.97 bits per heavy atom.